The second-order valence-corrected chi connectivity index (χ2v) is 11.7. The Kier molecular flexibility index (Phi) is 7.20. The average Bonchev–Trinajstić information content (AvgIpc) is 3.40. The van der Waals surface area contributed by atoms with Crippen molar-refractivity contribution < 1.29 is 14.7 Å². The second kappa shape index (κ2) is 9.85. The van der Waals surface area contributed by atoms with E-state index in [1.807, 2.05) is 24.8 Å². The van der Waals surface area contributed by atoms with Crippen LogP contribution in [-0.2, 0) is 0 Å². The number of carbonyl (C=O) groups is 2. The van der Waals surface area contributed by atoms with Crippen molar-refractivity contribution in [1.29, 1.82) is 0 Å². The Morgan fingerprint density at radius 3 is 2.54 bits per heavy atom. The number of rotatable bonds is 8. The van der Waals surface area contributed by atoms with E-state index in [1.165, 1.54) is 24.2 Å². The van der Waals surface area contributed by atoms with E-state index in [9.17, 15) is 14.7 Å². The van der Waals surface area contributed by atoms with Crippen molar-refractivity contribution in [2.75, 3.05) is 11.9 Å². The molecular weight excluding hydrogens is 462 g/mol. The van der Waals surface area contributed by atoms with Gasteiger partial charge in [0.05, 0.1) is 16.5 Å². The first-order valence-corrected chi connectivity index (χ1v) is 13.4. The van der Waals surface area contributed by atoms with Gasteiger partial charge in [0, 0.05) is 30.4 Å². The van der Waals surface area contributed by atoms with Gasteiger partial charge in [-0.3, -0.25) is 9.59 Å². The highest BCUT2D eigenvalue weighted by Gasteiger charge is 2.33. The van der Waals surface area contributed by atoms with Crippen molar-refractivity contribution in [3.05, 3.63) is 28.5 Å². The van der Waals surface area contributed by atoms with E-state index in [2.05, 4.69) is 27.5 Å². The number of hydrogen-bond acceptors (Lipinski definition) is 7. The van der Waals surface area contributed by atoms with Gasteiger partial charge in [0.1, 0.15) is 11.5 Å². The Morgan fingerprint density at radius 1 is 1.26 bits per heavy atom. The molecule has 2 amide bonds. The van der Waals surface area contributed by atoms with E-state index in [1.54, 1.807) is 27.0 Å². The molecule has 0 radical (unpaired) electrons. The van der Waals surface area contributed by atoms with E-state index in [4.69, 9.17) is 0 Å². The van der Waals surface area contributed by atoms with Gasteiger partial charge in [-0.15, -0.1) is 11.3 Å². The van der Waals surface area contributed by atoms with Crippen LogP contribution < -0.4 is 10.6 Å². The molecule has 2 aliphatic rings. The number of likely N-dealkylation sites (tertiary alicyclic amines) is 1. The molecule has 2 aromatic rings. The number of nitrogens with zero attached hydrogens (tertiary/aromatic N) is 3. The molecule has 3 heterocycles. The lowest BCUT2D eigenvalue weighted by Gasteiger charge is -2.26. The van der Waals surface area contributed by atoms with Crippen LogP contribution in [0, 0.1) is 12.8 Å². The van der Waals surface area contributed by atoms with Crippen molar-refractivity contribution >= 4 is 29.0 Å². The van der Waals surface area contributed by atoms with Gasteiger partial charge in [-0.1, -0.05) is 0 Å². The Balaban J connectivity index is 1.67. The molecule has 3 atom stereocenters. The molecule has 190 valence electrons. The summed E-state index contributed by atoms with van der Waals surface area (Å²) in [5, 5.41) is 16.7. The van der Waals surface area contributed by atoms with Crippen LogP contribution >= 0.6 is 11.3 Å². The van der Waals surface area contributed by atoms with Crippen LogP contribution in [-0.4, -0.2) is 62.1 Å². The van der Waals surface area contributed by atoms with Gasteiger partial charge in [-0.2, -0.15) is 0 Å². The molecule has 1 aliphatic heterocycles. The maximum absolute atomic E-state index is 13.5. The zero-order valence-electron chi connectivity index (χ0n) is 21.5. The minimum absolute atomic E-state index is 0.138. The summed E-state index contributed by atoms with van der Waals surface area (Å²) in [7, 11) is 0. The van der Waals surface area contributed by atoms with E-state index >= 15 is 0 Å². The third-order valence-corrected chi connectivity index (χ3v) is 8.39. The predicted molar refractivity (Wildman–Crippen MR) is 139 cm³/mol. The molecule has 8 nitrogen and oxygen atoms in total. The number of aryl methyl sites for hydroxylation is 1. The minimum Gasteiger partial charge on any atom is -0.388 e. The summed E-state index contributed by atoms with van der Waals surface area (Å²) < 4.78 is 0. The molecular formula is C26H37N5O3S. The van der Waals surface area contributed by atoms with Crippen molar-refractivity contribution in [3.63, 3.8) is 0 Å². The molecule has 2 fully saturated rings. The first kappa shape index (κ1) is 25.6. The number of hydrogen-bond donors (Lipinski definition) is 3. The summed E-state index contributed by atoms with van der Waals surface area (Å²) in [4.78, 5) is 38.2. The predicted octanol–water partition coefficient (Wildman–Crippen LogP) is 4.24. The number of carbonyl (C=O) groups excluding carboxylic acids is 2. The van der Waals surface area contributed by atoms with E-state index in [-0.39, 0.29) is 17.0 Å². The van der Waals surface area contributed by atoms with Gasteiger partial charge in [0.25, 0.3) is 11.8 Å². The highest BCUT2D eigenvalue weighted by molar-refractivity contribution is 7.17. The van der Waals surface area contributed by atoms with E-state index < -0.39 is 17.6 Å². The number of aromatic nitrogens is 2. The smallest absolute Gasteiger partial charge is 0.280 e. The summed E-state index contributed by atoms with van der Waals surface area (Å²) in [6.45, 7) is 11.9. The third kappa shape index (κ3) is 5.67. The lowest BCUT2D eigenvalue weighted by molar-refractivity contribution is 0.0408. The van der Waals surface area contributed by atoms with E-state index in [0.29, 0.717) is 29.1 Å². The molecule has 35 heavy (non-hydrogen) atoms. The standard InChI is InChI=1S/C26H37N5O3S/c1-14-12-20(28-16(3)18-9-10-18)27-13-19(14)22-21(25(33)31-11-7-8-15(31)2)30-24(35-22)23(32)29-17(4)26(5,6)34/h12-13,15-18,34H,7-11H2,1-6H3,(H,27,28)(H,29,32)/t15-,16?,17+/m0/s1. The molecule has 0 bridgehead atoms. The first-order chi connectivity index (χ1) is 16.5. The Labute approximate surface area is 211 Å². The van der Waals surface area contributed by atoms with E-state index in [0.717, 1.165) is 29.8 Å². The topological polar surface area (TPSA) is 107 Å². The first-order valence-electron chi connectivity index (χ1n) is 12.5. The Bertz CT molecular complexity index is 1100. The second-order valence-electron chi connectivity index (χ2n) is 10.7. The fourth-order valence-electron chi connectivity index (χ4n) is 4.37. The van der Waals surface area contributed by atoms with Crippen LogP contribution in [0.5, 0.6) is 0 Å². The monoisotopic (exact) mass is 499 g/mol. The van der Waals surface area contributed by atoms with Crippen LogP contribution in [0.1, 0.15) is 86.2 Å². The molecule has 9 heteroatoms. The number of amides is 2. The average molecular weight is 500 g/mol. The third-order valence-electron chi connectivity index (χ3n) is 7.31. The van der Waals surface area contributed by atoms with Gasteiger partial charge in [0.15, 0.2) is 5.01 Å². The van der Waals surface area contributed by atoms with Gasteiger partial charge >= 0.3 is 0 Å². The summed E-state index contributed by atoms with van der Waals surface area (Å²) in [5.74, 6) is 0.965. The Hall–Kier alpha value is -2.52. The van der Waals surface area contributed by atoms with Crippen LogP contribution in [0.4, 0.5) is 5.82 Å². The molecule has 3 N–H and O–H groups in total. The van der Waals surface area contributed by atoms with Crippen molar-refractivity contribution in [1.82, 2.24) is 20.2 Å². The molecule has 1 unspecified atom stereocenters. The Morgan fingerprint density at radius 2 is 1.97 bits per heavy atom. The van der Waals surface area contributed by atoms with Crippen molar-refractivity contribution in [2.24, 2.45) is 5.92 Å². The molecule has 1 aliphatic carbocycles. The normalized spacial score (nSPS) is 20.0. The zero-order valence-corrected chi connectivity index (χ0v) is 22.3. The van der Waals surface area contributed by atoms with Gasteiger partial charge in [0.2, 0.25) is 0 Å². The number of pyridine rings is 1. The van der Waals surface area contributed by atoms with Crippen LogP contribution in [0.25, 0.3) is 10.4 Å². The SMILES string of the molecule is Cc1cc(NC(C)C2CC2)ncc1-c1sc(C(=O)N[C@H](C)C(C)(C)O)nc1C(=O)N1CCC[C@@H]1C. The zero-order chi connectivity index (χ0) is 25.5. The lowest BCUT2D eigenvalue weighted by Crippen LogP contribution is -2.47. The number of thiazole rings is 1. The molecule has 1 saturated heterocycles. The summed E-state index contributed by atoms with van der Waals surface area (Å²) in [6.07, 6.45) is 6.20. The van der Waals surface area contributed by atoms with Gasteiger partial charge in [-0.25, -0.2) is 9.97 Å². The number of anilines is 1. The number of aliphatic hydroxyl groups is 1. The maximum atomic E-state index is 13.5. The highest BCUT2D eigenvalue weighted by Crippen LogP contribution is 2.37. The summed E-state index contributed by atoms with van der Waals surface area (Å²) in [6, 6.07) is 2.02. The van der Waals surface area contributed by atoms with Crippen molar-refractivity contribution in [3.8, 4) is 10.4 Å². The molecule has 4 rings (SSSR count). The summed E-state index contributed by atoms with van der Waals surface area (Å²) in [5.41, 5.74) is 0.980. The van der Waals surface area contributed by atoms with Crippen LogP contribution in [0.2, 0.25) is 0 Å². The largest absolute Gasteiger partial charge is 0.388 e. The van der Waals surface area contributed by atoms with Crippen LogP contribution in [0.15, 0.2) is 12.3 Å². The minimum atomic E-state index is -1.08. The van der Waals surface area contributed by atoms with Gasteiger partial charge in [-0.05, 0) is 84.8 Å². The summed E-state index contributed by atoms with van der Waals surface area (Å²) >= 11 is 1.20. The molecule has 0 aromatic carbocycles. The lowest BCUT2D eigenvalue weighted by atomic mass is 10.0. The maximum Gasteiger partial charge on any atom is 0.280 e. The van der Waals surface area contributed by atoms with Crippen LogP contribution in [0.3, 0.4) is 0 Å². The quantitative estimate of drug-likeness (QED) is 0.502. The highest BCUT2D eigenvalue weighted by atomic mass is 32.1. The number of nitrogens with one attached hydrogen (secondary N) is 2. The van der Waals surface area contributed by atoms with Crippen molar-refractivity contribution in [2.45, 2.75) is 91.0 Å². The molecule has 0 spiro atoms. The fraction of sp³-hybridized carbons (Fsp3) is 0.615. The molecule has 2 aromatic heterocycles. The fourth-order valence-corrected chi connectivity index (χ4v) is 5.41. The van der Waals surface area contributed by atoms with Gasteiger partial charge < -0.3 is 20.6 Å². The molecule has 1 saturated carbocycles.